The van der Waals surface area contributed by atoms with E-state index in [1.54, 1.807) is 21.1 Å². The van der Waals surface area contributed by atoms with Gasteiger partial charge in [0.05, 0.1) is 40.3 Å². The number of unbranched alkanes of at least 4 members (excludes halogenated alkanes) is 23. The van der Waals surface area contributed by atoms with E-state index in [2.05, 4.69) is 86.8 Å². The van der Waals surface area contributed by atoms with Crippen molar-refractivity contribution in [3.8, 4) is 0 Å². The second kappa shape index (κ2) is 49.2. The number of ether oxygens (including phenoxy) is 3. The zero-order valence-corrected chi connectivity index (χ0v) is 44.1. The summed E-state index contributed by atoms with van der Waals surface area (Å²) in [7, 11) is 5.41. The van der Waals surface area contributed by atoms with Gasteiger partial charge in [0.1, 0.15) is 12.6 Å². The van der Waals surface area contributed by atoms with Gasteiger partial charge in [-0.3, -0.25) is 9.59 Å². The van der Waals surface area contributed by atoms with Gasteiger partial charge in [-0.25, -0.2) is 0 Å². The first-order valence-electron chi connectivity index (χ1n) is 27.5. The van der Waals surface area contributed by atoms with Crippen molar-refractivity contribution in [2.45, 2.75) is 244 Å². The Balaban J connectivity index is 4.26. The average molecular weight is 938 g/mol. The average Bonchev–Trinajstić information content (AvgIpc) is 3.29. The molecular formula is C59H103NO7. The molecule has 386 valence electrons. The highest BCUT2D eigenvalue weighted by Crippen LogP contribution is 2.16. The van der Waals surface area contributed by atoms with Crippen LogP contribution in [0.25, 0.3) is 0 Å². The van der Waals surface area contributed by atoms with Crippen molar-refractivity contribution in [2.24, 2.45) is 0 Å². The molecule has 0 amide bonds. The fourth-order valence-corrected chi connectivity index (χ4v) is 7.90. The molecule has 0 N–H and O–H groups in total. The van der Waals surface area contributed by atoms with Crippen LogP contribution in [0.1, 0.15) is 232 Å². The Bertz CT molecular complexity index is 1320. The Labute approximate surface area is 412 Å². The SMILES string of the molecule is CC/C=C/C/C=C/C/C=C/C/C=C/C/C=C/C/C=C/CCCCCCC(=O)OCC(COCCC(C(=O)[O-])[N+](C)(C)C)OC(=O)CCCCCCCCCCCCCCCCCCCCCC. The number of carbonyl (C=O) groups is 3. The first kappa shape index (κ1) is 63.8. The van der Waals surface area contributed by atoms with E-state index in [0.29, 0.717) is 12.8 Å². The maximum absolute atomic E-state index is 12.8. The van der Waals surface area contributed by atoms with Crippen LogP contribution in [-0.2, 0) is 28.6 Å². The van der Waals surface area contributed by atoms with Gasteiger partial charge in [-0.05, 0) is 64.2 Å². The molecule has 0 rings (SSSR count). The zero-order valence-electron chi connectivity index (χ0n) is 44.1. The molecule has 0 radical (unpaired) electrons. The van der Waals surface area contributed by atoms with Crippen LogP contribution in [0.2, 0.25) is 0 Å². The molecular weight excluding hydrogens is 835 g/mol. The lowest BCUT2D eigenvalue weighted by molar-refractivity contribution is -0.889. The van der Waals surface area contributed by atoms with Gasteiger partial charge in [-0.2, -0.15) is 0 Å². The lowest BCUT2D eigenvalue weighted by atomic mass is 10.0. The topological polar surface area (TPSA) is 102 Å². The summed E-state index contributed by atoms with van der Waals surface area (Å²) in [6, 6.07) is -0.733. The van der Waals surface area contributed by atoms with Crippen LogP contribution in [0.3, 0.4) is 0 Å². The summed E-state index contributed by atoms with van der Waals surface area (Å²) in [6.45, 7) is 4.55. The number of allylic oxidation sites excluding steroid dienone is 12. The molecule has 0 bridgehead atoms. The number of carbonyl (C=O) groups excluding carboxylic acids is 3. The van der Waals surface area contributed by atoms with Crippen LogP contribution in [-0.4, -0.2) is 75.5 Å². The van der Waals surface area contributed by atoms with Gasteiger partial charge < -0.3 is 28.6 Å². The largest absolute Gasteiger partial charge is 0.544 e. The van der Waals surface area contributed by atoms with Crippen LogP contribution in [0, 0.1) is 0 Å². The quantitative estimate of drug-likeness (QED) is 0.0259. The summed E-state index contributed by atoms with van der Waals surface area (Å²) in [5.41, 5.74) is 0. The zero-order chi connectivity index (χ0) is 49.2. The second-order valence-electron chi connectivity index (χ2n) is 19.4. The van der Waals surface area contributed by atoms with Crippen molar-refractivity contribution in [1.82, 2.24) is 0 Å². The highest BCUT2D eigenvalue weighted by Gasteiger charge is 2.25. The first-order valence-corrected chi connectivity index (χ1v) is 27.5. The van der Waals surface area contributed by atoms with Crippen molar-refractivity contribution in [2.75, 3.05) is 41.0 Å². The summed E-state index contributed by atoms with van der Waals surface area (Å²) < 4.78 is 17.3. The van der Waals surface area contributed by atoms with Gasteiger partial charge in [0.25, 0.3) is 0 Å². The molecule has 2 unspecified atom stereocenters. The van der Waals surface area contributed by atoms with E-state index in [1.807, 2.05) is 0 Å². The lowest BCUT2D eigenvalue weighted by Crippen LogP contribution is -2.55. The molecule has 0 saturated heterocycles. The molecule has 0 aromatic rings. The molecule has 0 aromatic heterocycles. The number of aliphatic carboxylic acids is 1. The predicted molar refractivity (Wildman–Crippen MR) is 282 cm³/mol. The summed E-state index contributed by atoms with van der Waals surface area (Å²) in [6.07, 6.45) is 63.6. The van der Waals surface area contributed by atoms with Crippen molar-refractivity contribution in [1.29, 1.82) is 0 Å². The standard InChI is InChI=1S/C59H103NO7/c1-6-8-10-12-14-16-18-20-22-24-26-28-29-30-32-33-35-37-39-41-43-45-47-49-57(61)66-54-55(53-65-52-51-56(59(63)64)60(3,4)5)67-58(62)50-48-46-44-42-40-38-36-34-31-27-25-23-21-19-17-15-13-11-9-7-2/h8,10,14,16,20,22,26,28,30,32,35,37,55-56H,6-7,9,11-13,15,17-19,21,23-25,27,29,31,33-34,36,38-54H2,1-5H3/b10-8+,16-14+,22-20+,28-26+,32-30+,37-35+. The van der Waals surface area contributed by atoms with Crippen molar-refractivity contribution in [3.05, 3.63) is 72.9 Å². The van der Waals surface area contributed by atoms with Gasteiger partial charge in [-0.15, -0.1) is 0 Å². The Morgan fingerprint density at radius 3 is 1.24 bits per heavy atom. The maximum atomic E-state index is 12.8. The fraction of sp³-hybridized carbons (Fsp3) is 0.746. The van der Waals surface area contributed by atoms with Crippen molar-refractivity contribution in [3.63, 3.8) is 0 Å². The van der Waals surface area contributed by atoms with Gasteiger partial charge in [-0.1, -0.05) is 222 Å². The Kier molecular flexibility index (Phi) is 46.8. The molecule has 0 aliphatic heterocycles. The number of hydrogen-bond acceptors (Lipinski definition) is 7. The third kappa shape index (κ3) is 47.6. The van der Waals surface area contributed by atoms with Crippen LogP contribution in [0.15, 0.2) is 72.9 Å². The number of hydrogen-bond donors (Lipinski definition) is 0. The van der Waals surface area contributed by atoms with E-state index in [0.717, 1.165) is 89.9 Å². The minimum absolute atomic E-state index is 0.0315. The normalized spacial score (nSPS) is 13.4. The molecule has 2 atom stereocenters. The summed E-state index contributed by atoms with van der Waals surface area (Å²) in [4.78, 5) is 37.1. The molecule has 0 aliphatic carbocycles. The van der Waals surface area contributed by atoms with Crippen LogP contribution >= 0.6 is 0 Å². The van der Waals surface area contributed by atoms with E-state index in [-0.39, 0.29) is 42.7 Å². The number of carboxylic acids is 1. The fourth-order valence-electron chi connectivity index (χ4n) is 7.90. The third-order valence-corrected chi connectivity index (χ3v) is 12.1. The Morgan fingerprint density at radius 1 is 0.463 bits per heavy atom. The van der Waals surface area contributed by atoms with Crippen LogP contribution in [0.4, 0.5) is 0 Å². The number of esters is 2. The molecule has 0 fully saturated rings. The van der Waals surface area contributed by atoms with Gasteiger partial charge in [0, 0.05) is 19.3 Å². The van der Waals surface area contributed by atoms with E-state index >= 15 is 0 Å². The number of nitrogens with zero attached hydrogens (tertiary/aromatic N) is 1. The molecule has 0 spiro atoms. The van der Waals surface area contributed by atoms with Crippen molar-refractivity contribution < 1.29 is 38.2 Å². The highest BCUT2D eigenvalue weighted by molar-refractivity contribution is 5.70. The summed E-state index contributed by atoms with van der Waals surface area (Å²) in [5, 5.41) is 11.7. The maximum Gasteiger partial charge on any atom is 0.306 e. The minimum Gasteiger partial charge on any atom is -0.544 e. The number of rotatable bonds is 49. The molecule has 67 heavy (non-hydrogen) atoms. The predicted octanol–water partition coefficient (Wildman–Crippen LogP) is 14.9. The number of likely N-dealkylation sites (N-methyl/N-ethyl adjacent to an activating group) is 1. The van der Waals surface area contributed by atoms with Crippen LogP contribution in [0.5, 0.6) is 0 Å². The monoisotopic (exact) mass is 938 g/mol. The molecule has 0 saturated carbocycles. The van der Waals surface area contributed by atoms with E-state index in [9.17, 15) is 19.5 Å². The Hall–Kier alpha value is -3.23. The second-order valence-corrected chi connectivity index (χ2v) is 19.4. The van der Waals surface area contributed by atoms with E-state index in [4.69, 9.17) is 14.2 Å². The lowest BCUT2D eigenvalue weighted by Gasteiger charge is -2.34. The molecule has 0 aromatic carbocycles. The Morgan fingerprint density at radius 2 is 0.836 bits per heavy atom. The third-order valence-electron chi connectivity index (χ3n) is 12.1. The molecule has 8 nitrogen and oxygen atoms in total. The molecule has 0 aliphatic rings. The van der Waals surface area contributed by atoms with Gasteiger partial charge >= 0.3 is 11.9 Å². The van der Waals surface area contributed by atoms with E-state index in [1.165, 1.54) is 109 Å². The molecule has 0 heterocycles. The molecule has 8 heteroatoms. The van der Waals surface area contributed by atoms with Gasteiger partial charge in [0.2, 0.25) is 0 Å². The van der Waals surface area contributed by atoms with Gasteiger partial charge in [0.15, 0.2) is 6.10 Å². The number of carboxylic acid groups (broad SMARTS) is 1. The van der Waals surface area contributed by atoms with E-state index < -0.39 is 18.1 Å². The minimum atomic E-state index is -1.13. The summed E-state index contributed by atoms with van der Waals surface area (Å²) >= 11 is 0. The number of quaternary nitrogens is 1. The highest BCUT2D eigenvalue weighted by atomic mass is 16.6. The first-order chi connectivity index (χ1) is 32.6. The summed E-state index contributed by atoms with van der Waals surface area (Å²) in [5.74, 6) is -1.76. The van der Waals surface area contributed by atoms with Crippen molar-refractivity contribution >= 4 is 17.9 Å². The van der Waals surface area contributed by atoms with Crippen LogP contribution < -0.4 is 5.11 Å². The smallest absolute Gasteiger partial charge is 0.306 e.